The molecule has 0 fully saturated rings. The van der Waals surface area contributed by atoms with Crippen molar-refractivity contribution in [2.45, 2.75) is 20.3 Å². The van der Waals surface area contributed by atoms with Crippen LogP contribution in [0, 0.1) is 6.92 Å². The van der Waals surface area contributed by atoms with Crippen molar-refractivity contribution in [1.29, 1.82) is 0 Å². The van der Waals surface area contributed by atoms with E-state index in [1.165, 1.54) is 32.5 Å². The van der Waals surface area contributed by atoms with Gasteiger partial charge in [0, 0.05) is 24.4 Å². The zero-order chi connectivity index (χ0) is 22.4. The van der Waals surface area contributed by atoms with Gasteiger partial charge in [0.05, 0.1) is 19.8 Å². The SMILES string of the molecule is COC(=O)c1c(N=Cc2ccc(OC(C)=O)c(OC)c2)sc(Cc2ccccc2)c1C. The maximum Gasteiger partial charge on any atom is 0.341 e. The van der Waals surface area contributed by atoms with Gasteiger partial charge in [0.2, 0.25) is 0 Å². The highest BCUT2D eigenvalue weighted by atomic mass is 32.1. The highest BCUT2D eigenvalue weighted by molar-refractivity contribution is 7.16. The Hall–Kier alpha value is -3.45. The van der Waals surface area contributed by atoms with Crippen molar-refractivity contribution in [3.63, 3.8) is 0 Å². The fourth-order valence-electron chi connectivity index (χ4n) is 3.06. The molecule has 0 aliphatic rings. The first-order chi connectivity index (χ1) is 14.9. The number of hydrogen-bond donors (Lipinski definition) is 0. The van der Waals surface area contributed by atoms with Crippen LogP contribution in [-0.4, -0.2) is 32.4 Å². The number of aliphatic imine (C=N–C) groups is 1. The van der Waals surface area contributed by atoms with Crippen LogP contribution in [0.2, 0.25) is 0 Å². The van der Waals surface area contributed by atoms with Crippen molar-refractivity contribution < 1.29 is 23.8 Å². The van der Waals surface area contributed by atoms with Crippen molar-refractivity contribution in [1.82, 2.24) is 0 Å². The van der Waals surface area contributed by atoms with Crippen LogP contribution >= 0.6 is 11.3 Å². The second-order valence-corrected chi connectivity index (χ2v) is 7.83. The van der Waals surface area contributed by atoms with E-state index in [1.807, 2.05) is 25.1 Å². The molecule has 0 atom stereocenters. The van der Waals surface area contributed by atoms with Crippen LogP contribution in [-0.2, 0) is 16.0 Å². The lowest BCUT2D eigenvalue weighted by Crippen LogP contribution is -2.03. The fraction of sp³-hybridized carbons (Fsp3) is 0.208. The van der Waals surface area contributed by atoms with E-state index in [9.17, 15) is 9.59 Å². The van der Waals surface area contributed by atoms with Gasteiger partial charge in [0.25, 0.3) is 0 Å². The zero-order valence-electron chi connectivity index (χ0n) is 17.8. The van der Waals surface area contributed by atoms with Gasteiger partial charge in [-0.25, -0.2) is 9.79 Å². The molecule has 0 N–H and O–H groups in total. The molecule has 0 spiro atoms. The van der Waals surface area contributed by atoms with Crippen molar-refractivity contribution >= 4 is 34.5 Å². The molecular formula is C24H23NO5S. The Kier molecular flexibility index (Phi) is 7.20. The number of hydrogen-bond acceptors (Lipinski definition) is 7. The summed E-state index contributed by atoms with van der Waals surface area (Å²) in [4.78, 5) is 29.3. The molecule has 0 saturated heterocycles. The lowest BCUT2D eigenvalue weighted by molar-refractivity contribution is -0.132. The molecule has 1 heterocycles. The summed E-state index contributed by atoms with van der Waals surface area (Å²) in [6.45, 7) is 3.24. The molecule has 0 bridgehead atoms. The predicted octanol–water partition coefficient (Wildman–Crippen LogP) is 5.12. The molecule has 31 heavy (non-hydrogen) atoms. The number of ether oxygens (including phenoxy) is 3. The summed E-state index contributed by atoms with van der Waals surface area (Å²) in [6.07, 6.45) is 2.35. The maximum atomic E-state index is 12.4. The van der Waals surface area contributed by atoms with Crippen molar-refractivity contribution in [3.05, 3.63) is 75.7 Å². The monoisotopic (exact) mass is 437 g/mol. The Labute approximate surface area is 185 Å². The Bertz CT molecular complexity index is 1120. The molecule has 1 aromatic heterocycles. The van der Waals surface area contributed by atoms with E-state index in [0.29, 0.717) is 28.5 Å². The van der Waals surface area contributed by atoms with Gasteiger partial charge in [-0.3, -0.25) is 4.79 Å². The molecule has 160 valence electrons. The highest BCUT2D eigenvalue weighted by Gasteiger charge is 2.21. The Morgan fingerprint density at radius 3 is 2.45 bits per heavy atom. The lowest BCUT2D eigenvalue weighted by atomic mass is 10.1. The second-order valence-electron chi connectivity index (χ2n) is 6.75. The van der Waals surface area contributed by atoms with E-state index in [1.54, 1.807) is 24.4 Å². The average Bonchev–Trinajstić information content (AvgIpc) is 3.07. The van der Waals surface area contributed by atoms with E-state index < -0.39 is 11.9 Å². The normalized spacial score (nSPS) is 10.8. The summed E-state index contributed by atoms with van der Waals surface area (Å²) < 4.78 is 15.4. The molecule has 0 amide bonds. The third kappa shape index (κ3) is 5.38. The van der Waals surface area contributed by atoms with Crippen LogP contribution in [0.5, 0.6) is 11.5 Å². The predicted molar refractivity (Wildman–Crippen MR) is 121 cm³/mol. The molecule has 3 rings (SSSR count). The Morgan fingerprint density at radius 2 is 1.81 bits per heavy atom. The van der Waals surface area contributed by atoms with Gasteiger partial charge in [-0.05, 0) is 41.8 Å². The summed E-state index contributed by atoms with van der Waals surface area (Å²) in [6, 6.07) is 15.2. The molecule has 0 unspecified atom stereocenters. The number of rotatable bonds is 7. The molecule has 2 aromatic carbocycles. The molecule has 0 aliphatic heterocycles. The van der Waals surface area contributed by atoms with Gasteiger partial charge < -0.3 is 14.2 Å². The molecule has 3 aromatic rings. The van der Waals surface area contributed by atoms with Crippen LogP contribution in [0.4, 0.5) is 5.00 Å². The molecule has 6 nitrogen and oxygen atoms in total. The van der Waals surface area contributed by atoms with E-state index >= 15 is 0 Å². The van der Waals surface area contributed by atoms with Crippen molar-refractivity contribution in [2.24, 2.45) is 4.99 Å². The first kappa shape index (κ1) is 22.2. The van der Waals surface area contributed by atoms with Crippen LogP contribution in [0.15, 0.2) is 53.5 Å². The number of thiophene rings is 1. The number of benzene rings is 2. The van der Waals surface area contributed by atoms with Gasteiger partial charge in [-0.2, -0.15) is 0 Å². The Morgan fingerprint density at radius 1 is 1.06 bits per heavy atom. The van der Waals surface area contributed by atoms with Gasteiger partial charge in [0.15, 0.2) is 11.5 Å². The maximum absolute atomic E-state index is 12.4. The minimum Gasteiger partial charge on any atom is -0.493 e. The van der Waals surface area contributed by atoms with E-state index in [2.05, 4.69) is 17.1 Å². The minimum absolute atomic E-state index is 0.333. The van der Waals surface area contributed by atoms with Gasteiger partial charge in [0.1, 0.15) is 5.00 Å². The standard InChI is InChI=1S/C24H23NO5S/c1-15-21(13-17-8-6-5-7-9-17)31-23(22(15)24(27)29-4)25-14-18-10-11-19(30-16(2)26)20(12-18)28-3/h5-12,14H,13H2,1-4H3. The third-order valence-corrected chi connectivity index (χ3v) is 5.80. The number of nitrogens with zero attached hydrogens (tertiary/aromatic N) is 1. The van der Waals surface area contributed by atoms with Crippen LogP contribution in [0.25, 0.3) is 0 Å². The molecular weight excluding hydrogens is 414 g/mol. The Balaban J connectivity index is 1.94. The van der Waals surface area contributed by atoms with Crippen LogP contribution < -0.4 is 9.47 Å². The second kappa shape index (κ2) is 10.0. The summed E-state index contributed by atoms with van der Waals surface area (Å²) in [5.41, 5.74) is 3.23. The largest absolute Gasteiger partial charge is 0.493 e. The van der Waals surface area contributed by atoms with Crippen molar-refractivity contribution in [3.8, 4) is 11.5 Å². The van der Waals surface area contributed by atoms with Crippen LogP contribution in [0.1, 0.15) is 38.8 Å². The topological polar surface area (TPSA) is 74.2 Å². The van der Waals surface area contributed by atoms with Gasteiger partial charge in [-0.15, -0.1) is 11.3 Å². The summed E-state index contributed by atoms with van der Waals surface area (Å²) in [5.74, 6) is -0.0931. The minimum atomic E-state index is -0.428. The number of methoxy groups -OCH3 is 2. The lowest BCUT2D eigenvalue weighted by Gasteiger charge is -2.08. The zero-order valence-corrected chi connectivity index (χ0v) is 18.6. The first-order valence-corrected chi connectivity index (χ1v) is 10.4. The number of esters is 2. The van der Waals surface area contributed by atoms with Gasteiger partial charge in [-0.1, -0.05) is 30.3 Å². The molecule has 0 radical (unpaired) electrons. The number of carbonyl (C=O) groups is 2. The third-order valence-electron chi connectivity index (χ3n) is 4.60. The smallest absolute Gasteiger partial charge is 0.341 e. The van der Waals surface area contributed by atoms with Gasteiger partial charge >= 0.3 is 11.9 Å². The quantitative estimate of drug-likeness (QED) is 0.291. The average molecular weight is 438 g/mol. The highest BCUT2D eigenvalue weighted by Crippen LogP contribution is 2.37. The van der Waals surface area contributed by atoms with E-state index in [4.69, 9.17) is 14.2 Å². The fourth-order valence-corrected chi connectivity index (χ4v) is 4.24. The summed E-state index contributed by atoms with van der Waals surface area (Å²) in [5, 5.41) is 0.582. The molecule has 7 heteroatoms. The molecule has 0 aliphatic carbocycles. The summed E-state index contributed by atoms with van der Waals surface area (Å²) >= 11 is 1.47. The van der Waals surface area contributed by atoms with Crippen molar-refractivity contribution in [2.75, 3.05) is 14.2 Å². The van der Waals surface area contributed by atoms with Crippen LogP contribution in [0.3, 0.4) is 0 Å². The van der Waals surface area contributed by atoms with E-state index in [0.717, 1.165) is 21.6 Å². The summed E-state index contributed by atoms with van der Waals surface area (Å²) in [7, 11) is 2.86. The molecule has 0 saturated carbocycles. The van der Waals surface area contributed by atoms with E-state index in [-0.39, 0.29) is 0 Å². The number of carbonyl (C=O) groups excluding carboxylic acids is 2. The first-order valence-electron chi connectivity index (χ1n) is 9.58.